The summed E-state index contributed by atoms with van der Waals surface area (Å²) in [4.78, 5) is 0. The SMILES string of the molecule is CCCCCCC(C(CC)CCCC)C(C)(CC)C(C)CC. The van der Waals surface area contributed by atoms with E-state index in [1.165, 1.54) is 70.6 Å². The fourth-order valence-corrected chi connectivity index (χ4v) is 4.49. The largest absolute Gasteiger partial charge is 0.0654 e. The van der Waals surface area contributed by atoms with Gasteiger partial charge in [0.2, 0.25) is 0 Å². The summed E-state index contributed by atoms with van der Waals surface area (Å²) in [5.41, 5.74) is 0.537. The van der Waals surface area contributed by atoms with Crippen molar-refractivity contribution in [2.75, 3.05) is 0 Å². The topological polar surface area (TPSA) is 0 Å². The van der Waals surface area contributed by atoms with Gasteiger partial charge in [-0.05, 0) is 29.6 Å². The normalized spacial score (nSPS) is 18.7. The van der Waals surface area contributed by atoms with Crippen molar-refractivity contribution in [1.82, 2.24) is 0 Å². The first kappa shape index (κ1) is 22.0. The van der Waals surface area contributed by atoms with Crippen LogP contribution in [0.2, 0.25) is 0 Å². The van der Waals surface area contributed by atoms with Crippen LogP contribution in [0.1, 0.15) is 119 Å². The molecule has 0 heteroatoms. The molecule has 22 heavy (non-hydrogen) atoms. The van der Waals surface area contributed by atoms with Crippen LogP contribution >= 0.6 is 0 Å². The van der Waals surface area contributed by atoms with E-state index < -0.39 is 0 Å². The average Bonchev–Trinajstić information content (AvgIpc) is 2.55. The molecule has 0 rings (SSSR count). The highest BCUT2D eigenvalue weighted by atomic mass is 14.4. The van der Waals surface area contributed by atoms with Gasteiger partial charge in [0, 0.05) is 0 Å². The summed E-state index contributed by atoms with van der Waals surface area (Å²) in [6, 6.07) is 0. The molecule has 4 atom stereocenters. The first-order valence-corrected chi connectivity index (χ1v) is 10.5. The molecule has 0 saturated carbocycles. The van der Waals surface area contributed by atoms with Gasteiger partial charge in [-0.1, -0.05) is 113 Å². The van der Waals surface area contributed by atoms with Crippen LogP contribution in [-0.4, -0.2) is 0 Å². The molecule has 0 amide bonds. The van der Waals surface area contributed by atoms with Crippen molar-refractivity contribution in [3.05, 3.63) is 0 Å². The highest BCUT2D eigenvalue weighted by molar-refractivity contribution is 4.89. The summed E-state index contributed by atoms with van der Waals surface area (Å²) in [6.07, 6.45) is 15.4. The second-order valence-electron chi connectivity index (χ2n) is 7.94. The van der Waals surface area contributed by atoms with Crippen LogP contribution in [0, 0.1) is 23.2 Å². The first-order valence-electron chi connectivity index (χ1n) is 10.5. The molecule has 0 aromatic carbocycles. The molecule has 0 N–H and O–H groups in total. The van der Waals surface area contributed by atoms with Gasteiger partial charge in [0.1, 0.15) is 0 Å². The van der Waals surface area contributed by atoms with Crippen molar-refractivity contribution in [2.45, 2.75) is 119 Å². The van der Waals surface area contributed by atoms with Gasteiger partial charge >= 0.3 is 0 Å². The minimum atomic E-state index is 0.537. The lowest BCUT2D eigenvalue weighted by Gasteiger charge is -2.46. The Balaban J connectivity index is 5.08. The average molecular weight is 311 g/mol. The van der Waals surface area contributed by atoms with Crippen molar-refractivity contribution in [3.8, 4) is 0 Å². The summed E-state index contributed by atoms with van der Waals surface area (Å²) in [5.74, 6) is 2.73. The van der Waals surface area contributed by atoms with Crippen LogP contribution in [0.3, 0.4) is 0 Å². The van der Waals surface area contributed by atoms with Gasteiger partial charge in [0.15, 0.2) is 0 Å². The summed E-state index contributed by atoms with van der Waals surface area (Å²) >= 11 is 0. The van der Waals surface area contributed by atoms with E-state index in [9.17, 15) is 0 Å². The van der Waals surface area contributed by atoms with Crippen molar-refractivity contribution in [2.24, 2.45) is 23.2 Å². The lowest BCUT2D eigenvalue weighted by atomic mass is 9.59. The molecule has 0 fully saturated rings. The van der Waals surface area contributed by atoms with Crippen LogP contribution in [0.25, 0.3) is 0 Å². The van der Waals surface area contributed by atoms with E-state index in [-0.39, 0.29) is 0 Å². The summed E-state index contributed by atoms with van der Waals surface area (Å²) in [7, 11) is 0. The zero-order chi connectivity index (χ0) is 17.0. The second kappa shape index (κ2) is 12.4. The Kier molecular flexibility index (Phi) is 12.4. The standard InChI is InChI=1S/C22H46/c1-8-13-15-16-18-21(20(11-4)17-14-9-2)22(7,12-5)19(6)10-3/h19-21H,8-18H2,1-7H3. The number of hydrogen-bond acceptors (Lipinski definition) is 0. The van der Waals surface area contributed by atoms with Crippen molar-refractivity contribution >= 4 is 0 Å². The number of unbranched alkanes of at least 4 members (excludes halogenated alkanes) is 4. The molecule has 0 saturated heterocycles. The molecule has 4 unspecified atom stereocenters. The third kappa shape index (κ3) is 6.63. The van der Waals surface area contributed by atoms with Crippen molar-refractivity contribution in [3.63, 3.8) is 0 Å². The monoisotopic (exact) mass is 310 g/mol. The quantitative estimate of drug-likeness (QED) is 0.283. The van der Waals surface area contributed by atoms with Gasteiger partial charge in [-0.25, -0.2) is 0 Å². The molecule has 0 aliphatic rings. The summed E-state index contributed by atoms with van der Waals surface area (Å²) < 4.78 is 0. The third-order valence-corrected chi connectivity index (χ3v) is 6.74. The maximum atomic E-state index is 2.61. The Morgan fingerprint density at radius 3 is 1.82 bits per heavy atom. The molecule has 134 valence electrons. The minimum absolute atomic E-state index is 0.537. The maximum absolute atomic E-state index is 2.61. The van der Waals surface area contributed by atoms with Gasteiger partial charge in [-0.2, -0.15) is 0 Å². The van der Waals surface area contributed by atoms with Crippen LogP contribution in [-0.2, 0) is 0 Å². The van der Waals surface area contributed by atoms with Crippen LogP contribution in [0.15, 0.2) is 0 Å². The molecule has 0 aliphatic carbocycles. The Morgan fingerprint density at radius 1 is 0.727 bits per heavy atom. The molecule has 0 heterocycles. The summed E-state index contributed by atoms with van der Waals surface area (Å²) in [5, 5.41) is 0. The molecular weight excluding hydrogens is 264 g/mol. The molecule has 0 aromatic heterocycles. The molecule has 0 aliphatic heterocycles. The fourth-order valence-electron chi connectivity index (χ4n) is 4.49. The molecule has 0 aromatic rings. The third-order valence-electron chi connectivity index (χ3n) is 6.74. The van der Waals surface area contributed by atoms with Crippen LogP contribution in [0.5, 0.6) is 0 Å². The van der Waals surface area contributed by atoms with Gasteiger partial charge < -0.3 is 0 Å². The predicted octanol–water partition coefficient (Wildman–Crippen LogP) is 8.25. The molecule has 0 nitrogen and oxygen atoms in total. The van der Waals surface area contributed by atoms with Gasteiger partial charge in [0.05, 0.1) is 0 Å². The highest BCUT2D eigenvalue weighted by Crippen LogP contribution is 2.48. The van der Waals surface area contributed by atoms with E-state index >= 15 is 0 Å². The minimum Gasteiger partial charge on any atom is -0.0654 e. The lowest BCUT2D eigenvalue weighted by Crippen LogP contribution is -2.38. The highest BCUT2D eigenvalue weighted by Gasteiger charge is 2.39. The van der Waals surface area contributed by atoms with Crippen molar-refractivity contribution < 1.29 is 0 Å². The first-order chi connectivity index (χ1) is 10.5. The van der Waals surface area contributed by atoms with Crippen LogP contribution < -0.4 is 0 Å². The Bertz CT molecular complexity index is 244. The predicted molar refractivity (Wildman–Crippen MR) is 103 cm³/mol. The van der Waals surface area contributed by atoms with Gasteiger partial charge in [-0.15, -0.1) is 0 Å². The molecule has 0 radical (unpaired) electrons. The Morgan fingerprint density at radius 2 is 1.36 bits per heavy atom. The molecule has 0 bridgehead atoms. The van der Waals surface area contributed by atoms with E-state index in [1.807, 2.05) is 0 Å². The van der Waals surface area contributed by atoms with Gasteiger partial charge in [0.25, 0.3) is 0 Å². The molecular formula is C22H46. The van der Waals surface area contributed by atoms with E-state index in [2.05, 4.69) is 48.5 Å². The zero-order valence-corrected chi connectivity index (χ0v) is 17.0. The van der Waals surface area contributed by atoms with E-state index in [4.69, 9.17) is 0 Å². The number of hydrogen-bond donors (Lipinski definition) is 0. The van der Waals surface area contributed by atoms with E-state index in [0.717, 1.165) is 17.8 Å². The molecule has 0 spiro atoms. The number of rotatable bonds is 14. The maximum Gasteiger partial charge on any atom is -0.0272 e. The lowest BCUT2D eigenvalue weighted by molar-refractivity contribution is 0.0347. The smallest absolute Gasteiger partial charge is 0.0272 e. The Hall–Kier alpha value is 0. The van der Waals surface area contributed by atoms with Gasteiger partial charge in [-0.3, -0.25) is 0 Å². The summed E-state index contributed by atoms with van der Waals surface area (Å²) in [6.45, 7) is 17.1. The zero-order valence-electron chi connectivity index (χ0n) is 17.0. The van der Waals surface area contributed by atoms with E-state index in [1.54, 1.807) is 0 Å². The van der Waals surface area contributed by atoms with Crippen molar-refractivity contribution in [1.29, 1.82) is 0 Å². The van der Waals surface area contributed by atoms with Crippen LogP contribution in [0.4, 0.5) is 0 Å². The fraction of sp³-hybridized carbons (Fsp3) is 1.00. The Labute approximate surface area is 142 Å². The van der Waals surface area contributed by atoms with E-state index in [0.29, 0.717) is 5.41 Å². The second-order valence-corrected chi connectivity index (χ2v) is 7.94.